The summed E-state index contributed by atoms with van der Waals surface area (Å²) in [4.78, 5) is 79.6. The fourth-order valence-corrected chi connectivity index (χ4v) is 9.07. The van der Waals surface area contributed by atoms with Crippen LogP contribution in [0.3, 0.4) is 0 Å². The highest BCUT2D eigenvalue weighted by molar-refractivity contribution is 6.08. The Kier molecular flexibility index (Phi) is 19.1. The van der Waals surface area contributed by atoms with Crippen LogP contribution in [0.5, 0.6) is 0 Å². The minimum Gasteiger partial charge on any atom is -0.481 e. The number of aryl methyl sites for hydroxylation is 1. The van der Waals surface area contributed by atoms with E-state index in [-0.39, 0.29) is 42.8 Å². The van der Waals surface area contributed by atoms with Gasteiger partial charge in [-0.15, -0.1) is 0 Å². The molecule has 17 nitrogen and oxygen atoms in total. The number of nitrogens with zero attached hydrogens (tertiary/aromatic N) is 6. The van der Waals surface area contributed by atoms with Crippen molar-refractivity contribution in [3.05, 3.63) is 113 Å². The topological polar surface area (TPSA) is 186 Å². The number of fused-ring (bicyclic) bond motifs is 1. The highest BCUT2D eigenvalue weighted by Gasteiger charge is 2.26. The molecule has 7 rings (SSSR count). The third-order valence-corrected chi connectivity index (χ3v) is 13.2. The van der Waals surface area contributed by atoms with Gasteiger partial charge >= 0.3 is 12.0 Å². The minimum absolute atomic E-state index is 0.0375. The third kappa shape index (κ3) is 14.6. The second-order valence-corrected chi connectivity index (χ2v) is 18.1. The zero-order valence-corrected chi connectivity index (χ0v) is 40.6. The van der Waals surface area contributed by atoms with E-state index in [1.807, 2.05) is 35.2 Å². The molecule has 4 aromatic rings. The summed E-state index contributed by atoms with van der Waals surface area (Å²) < 4.78 is 16.2. The Labute approximate surface area is 411 Å². The summed E-state index contributed by atoms with van der Waals surface area (Å²) in [5.74, 6) is -1.66. The number of aliphatic carboxylic acids is 1. The normalized spacial score (nSPS) is 16.0. The Morgan fingerprint density at radius 1 is 0.700 bits per heavy atom. The van der Waals surface area contributed by atoms with Crippen LogP contribution in [-0.2, 0) is 25.4 Å². The van der Waals surface area contributed by atoms with Crippen LogP contribution < -0.4 is 15.5 Å². The molecule has 0 bridgehead atoms. The lowest BCUT2D eigenvalue weighted by Gasteiger charge is -2.37. The average Bonchev–Trinajstić information content (AvgIpc) is 3.39. The number of likely N-dealkylation sites (N-methyl/N-ethyl adjacent to an activating group) is 2. The molecule has 3 aromatic carbocycles. The molecular weight excluding hydrogens is 893 g/mol. The van der Waals surface area contributed by atoms with Gasteiger partial charge in [0.2, 0.25) is 0 Å². The number of piperazine rings is 1. The number of nitrogens with one attached hydrogen (secondary N) is 2. The summed E-state index contributed by atoms with van der Waals surface area (Å²) in [5, 5.41) is 15.0. The van der Waals surface area contributed by atoms with Crippen molar-refractivity contribution in [2.24, 2.45) is 0 Å². The SMILES string of the molecule is CN(CCN1CCN(C(=O)N(C)CCOCCOCCOCCC(=O)O)CC1)C(=O)c1cccc(C(=O)Nc2ccc(N3CCCCC3)cc2-c2cc(C(=O)N[C@H]3CCCc4ccccc43)ccn2)c1. The summed E-state index contributed by atoms with van der Waals surface area (Å²) >= 11 is 0. The van der Waals surface area contributed by atoms with Crippen LogP contribution in [0.4, 0.5) is 16.2 Å². The molecule has 0 spiro atoms. The summed E-state index contributed by atoms with van der Waals surface area (Å²) in [6.07, 6.45) is 7.88. The first-order valence-corrected chi connectivity index (χ1v) is 24.6. The van der Waals surface area contributed by atoms with Gasteiger partial charge in [0.05, 0.1) is 63.5 Å². The van der Waals surface area contributed by atoms with E-state index >= 15 is 0 Å². The van der Waals surface area contributed by atoms with Crippen LogP contribution >= 0.6 is 0 Å². The Hall–Kier alpha value is -6.40. The number of rotatable bonds is 22. The molecule has 3 heterocycles. The monoisotopic (exact) mass is 961 g/mol. The van der Waals surface area contributed by atoms with Crippen LogP contribution in [0.1, 0.15) is 86.8 Å². The number of carboxylic acid groups (broad SMARTS) is 1. The zero-order valence-electron chi connectivity index (χ0n) is 40.6. The quantitative estimate of drug-likeness (QED) is 0.0775. The minimum atomic E-state index is -0.899. The number of amides is 5. The van der Waals surface area contributed by atoms with Crippen molar-refractivity contribution in [1.82, 2.24) is 29.9 Å². The van der Waals surface area contributed by atoms with Gasteiger partial charge in [-0.3, -0.25) is 29.1 Å². The first-order valence-electron chi connectivity index (χ1n) is 24.6. The summed E-state index contributed by atoms with van der Waals surface area (Å²) in [7, 11) is 3.51. The van der Waals surface area contributed by atoms with Crippen molar-refractivity contribution in [3.8, 4) is 11.3 Å². The van der Waals surface area contributed by atoms with E-state index in [1.165, 1.54) is 12.0 Å². The van der Waals surface area contributed by atoms with Gasteiger partial charge in [-0.25, -0.2) is 4.79 Å². The molecule has 1 aromatic heterocycles. The number of ether oxygens (including phenoxy) is 3. The van der Waals surface area contributed by atoms with Crippen molar-refractivity contribution >= 4 is 41.1 Å². The van der Waals surface area contributed by atoms with Gasteiger partial charge in [0, 0.05) is 107 Å². The van der Waals surface area contributed by atoms with Gasteiger partial charge in [-0.05, 0) is 98.2 Å². The lowest BCUT2D eigenvalue weighted by atomic mass is 9.87. The van der Waals surface area contributed by atoms with Gasteiger partial charge in [0.25, 0.3) is 17.7 Å². The van der Waals surface area contributed by atoms with Gasteiger partial charge in [0.15, 0.2) is 0 Å². The zero-order chi connectivity index (χ0) is 49.2. The second kappa shape index (κ2) is 26.0. The molecule has 0 radical (unpaired) electrons. The third-order valence-electron chi connectivity index (χ3n) is 13.2. The number of hydrogen-bond donors (Lipinski definition) is 3. The molecule has 374 valence electrons. The molecule has 2 aliphatic heterocycles. The van der Waals surface area contributed by atoms with Crippen LogP contribution in [0.25, 0.3) is 11.3 Å². The van der Waals surface area contributed by atoms with Crippen molar-refractivity contribution < 1.29 is 43.3 Å². The summed E-state index contributed by atoms with van der Waals surface area (Å²) in [5.41, 5.74) is 6.47. The molecule has 1 aliphatic carbocycles. The highest BCUT2D eigenvalue weighted by atomic mass is 16.5. The Morgan fingerprint density at radius 3 is 2.19 bits per heavy atom. The van der Waals surface area contributed by atoms with Gasteiger partial charge in [-0.2, -0.15) is 0 Å². The van der Waals surface area contributed by atoms with Crippen molar-refractivity contribution in [3.63, 3.8) is 0 Å². The number of carbonyl (C=O) groups excluding carboxylic acids is 4. The van der Waals surface area contributed by atoms with E-state index in [0.29, 0.717) is 112 Å². The molecule has 2 fully saturated rings. The van der Waals surface area contributed by atoms with Crippen LogP contribution in [-0.4, -0.2) is 172 Å². The lowest BCUT2D eigenvalue weighted by Crippen LogP contribution is -2.53. The van der Waals surface area contributed by atoms with E-state index in [0.717, 1.165) is 56.4 Å². The number of carbonyl (C=O) groups is 5. The molecule has 0 unspecified atom stereocenters. The molecule has 2 saturated heterocycles. The number of hydrogen-bond acceptors (Lipinski definition) is 11. The van der Waals surface area contributed by atoms with E-state index in [1.54, 1.807) is 66.5 Å². The summed E-state index contributed by atoms with van der Waals surface area (Å²) in [6, 6.07) is 24.4. The molecule has 1 atom stereocenters. The molecule has 3 N–H and O–H groups in total. The van der Waals surface area contributed by atoms with E-state index < -0.39 is 5.97 Å². The highest BCUT2D eigenvalue weighted by Crippen LogP contribution is 2.34. The largest absolute Gasteiger partial charge is 0.481 e. The predicted molar refractivity (Wildman–Crippen MR) is 267 cm³/mol. The van der Waals surface area contributed by atoms with Crippen molar-refractivity contribution in [2.45, 2.75) is 51.0 Å². The van der Waals surface area contributed by atoms with E-state index in [4.69, 9.17) is 24.3 Å². The predicted octanol–water partition coefficient (Wildman–Crippen LogP) is 6.06. The van der Waals surface area contributed by atoms with Crippen LogP contribution in [0.15, 0.2) is 85.1 Å². The molecule has 70 heavy (non-hydrogen) atoms. The van der Waals surface area contributed by atoms with Crippen molar-refractivity contribution in [1.29, 1.82) is 0 Å². The second-order valence-electron chi connectivity index (χ2n) is 18.1. The number of carboxylic acids is 1. The Morgan fingerprint density at radius 2 is 1.41 bits per heavy atom. The maximum absolute atomic E-state index is 14.0. The fraction of sp³-hybridized carbons (Fsp3) is 0.472. The molecular formula is C53H68N8O9. The lowest BCUT2D eigenvalue weighted by molar-refractivity contribution is -0.138. The van der Waals surface area contributed by atoms with Crippen molar-refractivity contribution in [2.75, 3.05) is 123 Å². The van der Waals surface area contributed by atoms with Crippen LogP contribution in [0.2, 0.25) is 0 Å². The molecule has 0 saturated carbocycles. The number of aromatic nitrogens is 1. The number of pyridine rings is 1. The van der Waals surface area contributed by atoms with Gasteiger partial charge in [-0.1, -0.05) is 30.3 Å². The first-order chi connectivity index (χ1) is 34.0. The maximum atomic E-state index is 14.0. The first kappa shape index (κ1) is 51.5. The number of benzene rings is 3. The van der Waals surface area contributed by atoms with E-state index in [9.17, 15) is 24.0 Å². The smallest absolute Gasteiger partial charge is 0.319 e. The molecule has 3 aliphatic rings. The Bertz CT molecular complexity index is 2400. The molecule has 5 amide bonds. The van der Waals surface area contributed by atoms with Gasteiger partial charge in [0.1, 0.15) is 0 Å². The number of piperidine rings is 1. The number of anilines is 2. The summed E-state index contributed by atoms with van der Waals surface area (Å²) in [6.45, 7) is 7.82. The average molecular weight is 961 g/mol. The number of urea groups is 1. The van der Waals surface area contributed by atoms with Gasteiger partial charge < -0.3 is 49.6 Å². The Balaban J connectivity index is 0.895. The fourth-order valence-electron chi connectivity index (χ4n) is 9.07. The molecule has 17 heteroatoms. The van der Waals surface area contributed by atoms with Crippen LogP contribution in [0, 0.1) is 0 Å². The standard InChI is InChI=1S/C53H68N8O9/c1-57(23-24-59-25-27-61(28-26-59)53(67)58(2)29-31-69-33-35-70-34-32-68-30-19-49(62)63)52(66)42-13-8-12-40(36-42)50(64)56-47-17-16-43(60-21-6-3-7-22-60)38-45(47)48-37-41(18-20-54-48)51(65)55-46-15-9-11-39-10-4-5-14-44(39)46/h4-5,8,10,12-14,16-18,20,36-38,46H,3,6-7,9,11,15,19,21-35H2,1-2H3,(H,55,65)(H,56,64)(H,62,63)/t46-/m0/s1. The van der Waals surface area contributed by atoms with E-state index in [2.05, 4.69) is 32.6 Å². The maximum Gasteiger partial charge on any atom is 0.319 e.